The predicted molar refractivity (Wildman–Crippen MR) is 148 cm³/mol. The molecule has 0 fully saturated rings. The van der Waals surface area contributed by atoms with E-state index in [-0.39, 0.29) is 6.71 Å². The highest BCUT2D eigenvalue weighted by Gasteiger charge is 2.28. The van der Waals surface area contributed by atoms with E-state index >= 15 is 0 Å². The van der Waals surface area contributed by atoms with Crippen molar-refractivity contribution in [3.05, 3.63) is 118 Å². The van der Waals surface area contributed by atoms with E-state index in [0.717, 1.165) is 5.56 Å². The van der Waals surface area contributed by atoms with Crippen LogP contribution in [0, 0.1) is 41.5 Å². The van der Waals surface area contributed by atoms with Crippen LogP contribution in [0.1, 0.15) is 38.9 Å². The summed E-state index contributed by atoms with van der Waals surface area (Å²) in [6.07, 6.45) is 1.88. The third-order valence-corrected chi connectivity index (χ3v) is 6.78. The fraction of sp³-hybridized carbons (Fsp3) is 0.188. The fourth-order valence-corrected chi connectivity index (χ4v) is 5.45. The van der Waals surface area contributed by atoms with Crippen molar-refractivity contribution >= 4 is 29.2 Å². The van der Waals surface area contributed by atoms with Gasteiger partial charge >= 0.3 is 0 Å². The molecule has 0 unspecified atom stereocenters. The van der Waals surface area contributed by atoms with Crippen molar-refractivity contribution in [3.63, 3.8) is 0 Å². The first-order valence-electron chi connectivity index (χ1n) is 11.8. The van der Waals surface area contributed by atoms with Crippen molar-refractivity contribution in [2.75, 3.05) is 0 Å². The zero-order valence-corrected chi connectivity index (χ0v) is 20.8. The van der Waals surface area contributed by atoms with Crippen molar-refractivity contribution in [1.82, 2.24) is 0 Å². The maximum Gasteiger partial charge on any atom is 0.242 e. The predicted octanol–water partition coefficient (Wildman–Crippen LogP) is 6.36. The molecule has 0 bridgehead atoms. The molecule has 0 heterocycles. The summed E-state index contributed by atoms with van der Waals surface area (Å²) in [7, 11) is 0. The molecule has 0 amide bonds. The lowest BCUT2D eigenvalue weighted by Gasteiger charge is -2.24. The minimum atomic E-state index is 0.211. The lowest BCUT2D eigenvalue weighted by Crippen LogP contribution is -2.55. The summed E-state index contributed by atoms with van der Waals surface area (Å²) in [5.74, 6) is 0. The number of hydrogen-bond acceptors (Lipinski definition) is 0. The van der Waals surface area contributed by atoms with Crippen molar-refractivity contribution in [2.45, 2.75) is 41.5 Å². The van der Waals surface area contributed by atoms with Crippen LogP contribution < -0.4 is 16.4 Å². The van der Waals surface area contributed by atoms with Gasteiger partial charge in [0.1, 0.15) is 0 Å². The Morgan fingerprint density at radius 1 is 0.545 bits per heavy atom. The van der Waals surface area contributed by atoms with Crippen LogP contribution in [-0.4, -0.2) is 6.71 Å². The highest BCUT2D eigenvalue weighted by Crippen LogP contribution is 2.20. The molecule has 0 aliphatic rings. The average molecular weight is 428 g/mol. The molecule has 1 heteroatoms. The van der Waals surface area contributed by atoms with Crippen LogP contribution in [0.15, 0.2) is 79.4 Å². The van der Waals surface area contributed by atoms with E-state index in [1.165, 1.54) is 60.9 Å². The Labute approximate surface area is 200 Å². The summed E-state index contributed by atoms with van der Waals surface area (Å²) in [6.45, 7) is 17.5. The van der Waals surface area contributed by atoms with Gasteiger partial charge in [-0.2, -0.15) is 0 Å². The summed E-state index contributed by atoms with van der Waals surface area (Å²) < 4.78 is 0. The number of aryl methyl sites for hydroxylation is 6. The summed E-state index contributed by atoms with van der Waals surface area (Å²) in [4.78, 5) is 0. The van der Waals surface area contributed by atoms with Gasteiger partial charge in [-0.1, -0.05) is 135 Å². The molecule has 0 saturated carbocycles. The fourth-order valence-electron chi connectivity index (χ4n) is 5.45. The van der Waals surface area contributed by atoms with Gasteiger partial charge in [-0.05, 0) is 58.2 Å². The molecule has 0 spiro atoms. The first kappa shape index (κ1) is 22.9. The molecule has 0 aliphatic heterocycles. The van der Waals surface area contributed by atoms with E-state index in [2.05, 4.69) is 121 Å². The normalized spacial score (nSPS) is 10.8. The second kappa shape index (κ2) is 9.28. The molecule has 0 atom stereocenters. The quantitative estimate of drug-likeness (QED) is 0.324. The SMILES string of the molecule is C=Cc1ccc(-c2ccc(B(c3c(C)cc(C)cc3C)c3c(C)cc(C)cc3C)cc2)cc1. The third-order valence-electron chi connectivity index (χ3n) is 6.78. The van der Waals surface area contributed by atoms with E-state index in [1.807, 2.05) is 6.08 Å². The minimum Gasteiger partial charge on any atom is -0.0985 e. The van der Waals surface area contributed by atoms with Crippen molar-refractivity contribution in [2.24, 2.45) is 0 Å². The standard InChI is InChI=1S/C32H33B/c1-8-27-9-11-28(12-10-27)29-13-15-30(16-14-29)33(31-23(4)17-21(2)18-24(31)5)32-25(6)19-22(3)20-26(32)7/h8-20H,1H2,2-7H3. The second-order valence-corrected chi connectivity index (χ2v) is 9.51. The summed E-state index contributed by atoms with van der Waals surface area (Å²) in [5, 5.41) is 0. The van der Waals surface area contributed by atoms with Crippen molar-refractivity contribution < 1.29 is 0 Å². The van der Waals surface area contributed by atoms with Crippen LogP contribution in [0.2, 0.25) is 0 Å². The Balaban J connectivity index is 1.88. The lowest BCUT2D eigenvalue weighted by atomic mass is 9.34. The molecule has 0 saturated heterocycles. The number of benzene rings is 4. The topological polar surface area (TPSA) is 0 Å². The molecule has 4 rings (SSSR count). The molecule has 164 valence electrons. The van der Waals surface area contributed by atoms with Crippen LogP contribution >= 0.6 is 0 Å². The molecule has 4 aromatic carbocycles. The Kier molecular flexibility index (Phi) is 6.43. The first-order chi connectivity index (χ1) is 15.8. The summed E-state index contributed by atoms with van der Waals surface area (Å²) in [5.41, 5.74) is 15.9. The van der Waals surface area contributed by atoms with E-state index in [4.69, 9.17) is 0 Å². The maximum absolute atomic E-state index is 3.86. The highest BCUT2D eigenvalue weighted by molar-refractivity contribution is 6.96. The Hall–Kier alpha value is -3.32. The zero-order valence-electron chi connectivity index (χ0n) is 20.8. The summed E-state index contributed by atoms with van der Waals surface area (Å²) in [6, 6.07) is 27.1. The van der Waals surface area contributed by atoms with Crippen LogP contribution in [0.5, 0.6) is 0 Å². The largest absolute Gasteiger partial charge is 0.242 e. The van der Waals surface area contributed by atoms with Crippen LogP contribution in [0.4, 0.5) is 0 Å². The van der Waals surface area contributed by atoms with Gasteiger partial charge in [0, 0.05) is 0 Å². The molecule has 4 aromatic rings. The molecule has 0 nitrogen and oxygen atoms in total. The number of rotatable bonds is 5. The molecule has 0 radical (unpaired) electrons. The van der Waals surface area contributed by atoms with E-state index in [1.54, 1.807) is 0 Å². The Bertz CT molecular complexity index is 1200. The van der Waals surface area contributed by atoms with E-state index in [0.29, 0.717) is 0 Å². The van der Waals surface area contributed by atoms with Gasteiger partial charge in [0.25, 0.3) is 0 Å². The molecule has 0 N–H and O–H groups in total. The first-order valence-corrected chi connectivity index (χ1v) is 11.8. The maximum atomic E-state index is 3.86. The van der Waals surface area contributed by atoms with Crippen molar-refractivity contribution in [3.8, 4) is 11.1 Å². The molecule has 0 aromatic heterocycles. The van der Waals surface area contributed by atoms with Gasteiger partial charge in [0.15, 0.2) is 0 Å². The Morgan fingerprint density at radius 3 is 1.27 bits per heavy atom. The smallest absolute Gasteiger partial charge is 0.0985 e. The van der Waals surface area contributed by atoms with Crippen LogP contribution in [0.3, 0.4) is 0 Å². The van der Waals surface area contributed by atoms with Crippen LogP contribution in [0.25, 0.3) is 17.2 Å². The molecular formula is C32H33B. The van der Waals surface area contributed by atoms with Gasteiger partial charge in [-0.15, -0.1) is 0 Å². The van der Waals surface area contributed by atoms with Gasteiger partial charge < -0.3 is 0 Å². The monoisotopic (exact) mass is 428 g/mol. The van der Waals surface area contributed by atoms with E-state index in [9.17, 15) is 0 Å². The lowest BCUT2D eigenvalue weighted by molar-refractivity contribution is 1.34. The Morgan fingerprint density at radius 2 is 0.909 bits per heavy atom. The van der Waals surface area contributed by atoms with Gasteiger partial charge in [0.05, 0.1) is 0 Å². The molecular weight excluding hydrogens is 395 g/mol. The second-order valence-electron chi connectivity index (χ2n) is 9.51. The zero-order chi connectivity index (χ0) is 23.7. The van der Waals surface area contributed by atoms with Crippen LogP contribution in [-0.2, 0) is 0 Å². The van der Waals surface area contributed by atoms with Gasteiger partial charge in [-0.3, -0.25) is 0 Å². The highest BCUT2D eigenvalue weighted by atomic mass is 14.1. The van der Waals surface area contributed by atoms with E-state index < -0.39 is 0 Å². The van der Waals surface area contributed by atoms with Crippen molar-refractivity contribution in [1.29, 1.82) is 0 Å². The van der Waals surface area contributed by atoms with Gasteiger partial charge in [-0.25, -0.2) is 0 Å². The molecule has 33 heavy (non-hydrogen) atoms. The van der Waals surface area contributed by atoms with Gasteiger partial charge in [0.2, 0.25) is 6.71 Å². The minimum absolute atomic E-state index is 0.211. The number of hydrogen-bond donors (Lipinski definition) is 0. The third kappa shape index (κ3) is 4.59. The average Bonchev–Trinajstić information content (AvgIpc) is 2.77. The summed E-state index contributed by atoms with van der Waals surface area (Å²) >= 11 is 0. The molecule has 0 aliphatic carbocycles.